The maximum atomic E-state index is 11.9. The van der Waals surface area contributed by atoms with Crippen molar-refractivity contribution in [3.05, 3.63) is 0 Å². The lowest BCUT2D eigenvalue weighted by atomic mass is 9.87. The normalized spacial score (nSPS) is 17.7. The Hall–Kier alpha value is -0.193. The van der Waals surface area contributed by atoms with Gasteiger partial charge >= 0.3 is 0 Å². The van der Waals surface area contributed by atoms with Crippen LogP contribution in [0.15, 0.2) is 0 Å². The molecule has 0 aliphatic rings. The van der Waals surface area contributed by atoms with E-state index in [9.17, 15) is 9.90 Å². The molecule has 0 unspecified atom stereocenters. The van der Waals surface area contributed by atoms with E-state index < -0.39 is 14.4 Å². The van der Waals surface area contributed by atoms with Crippen molar-refractivity contribution < 1.29 is 14.3 Å². The van der Waals surface area contributed by atoms with E-state index in [4.69, 9.17) is 4.43 Å². The average molecular weight is 331 g/mol. The quantitative estimate of drug-likeness (QED) is 0.659. The van der Waals surface area contributed by atoms with Gasteiger partial charge in [-0.3, -0.25) is 4.79 Å². The molecule has 1 N–H and O–H groups in total. The molecule has 0 aromatic heterocycles. The molecule has 0 aromatic carbocycles. The van der Waals surface area contributed by atoms with E-state index in [2.05, 4.69) is 47.7 Å². The van der Waals surface area contributed by atoms with Crippen LogP contribution < -0.4 is 0 Å². The van der Waals surface area contributed by atoms with Gasteiger partial charge in [-0.1, -0.05) is 55.4 Å². The van der Waals surface area contributed by atoms with Crippen LogP contribution in [0.25, 0.3) is 0 Å². The first kappa shape index (κ1) is 21.8. The van der Waals surface area contributed by atoms with Crippen LogP contribution in [-0.4, -0.2) is 31.4 Å². The number of Topliss-reactive ketones (excluding diaryl/α,β-unsaturated/α-hetero) is 1. The fourth-order valence-corrected chi connectivity index (χ4v) is 3.73. The van der Waals surface area contributed by atoms with Gasteiger partial charge in [0, 0.05) is 18.3 Å². The molecule has 22 heavy (non-hydrogen) atoms. The van der Waals surface area contributed by atoms with Gasteiger partial charge in [0.15, 0.2) is 8.32 Å². The molecular formula is C18H38O3Si. The number of carbonyl (C=O) groups is 1. The van der Waals surface area contributed by atoms with Gasteiger partial charge in [0.05, 0.1) is 12.2 Å². The summed E-state index contributed by atoms with van der Waals surface area (Å²) >= 11 is 0. The summed E-state index contributed by atoms with van der Waals surface area (Å²) in [6, 6.07) is 0. The summed E-state index contributed by atoms with van der Waals surface area (Å²) in [5.74, 6) is 0.361. The predicted molar refractivity (Wildman–Crippen MR) is 96.5 cm³/mol. The summed E-state index contributed by atoms with van der Waals surface area (Å²) in [6.45, 7) is 21.2. The average Bonchev–Trinajstić information content (AvgIpc) is 2.33. The summed E-state index contributed by atoms with van der Waals surface area (Å²) in [5.41, 5.74) is 0. The first-order valence-corrected chi connectivity index (χ1v) is 11.5. The first-order chi connectivity index (χ1) is 9.70. The monoisotopic (exact) mass is 330 g/mol. The van der Waals surface area contributed by atoms with Crippen LogP contribution in [0.5, 0.6) is 0 Å². The maximum absolute atomic E-state index is 11.9. The molecule has 132 valence electrons. The topological polar surface area (TPSA) is 46.5 Å². The van der Waals surface area contributed by atoms with Crippen LogP contribution >= 0.6 is 0 Å². The highest BCUT2D eigenvalue weighted by molar-refractivity contribution is 6.74. The molecule has 0 heterocycles. The van der Waals surface area contributed by atoms with E-state index in [-0.39, 0.29) is 35.2 Å². The minimum absolute atomic E-state index is 0.0177. The molecule has 0 fully saturated rings. The molecule has 0 spiro atoms. The lowest BCUT2D eigenvalue weighted by Gasteiger charge is -2.43. The van der Waals surface area contributed by atoms with Crippen molar-refractivity contribution >= 4 is 14.1 Å². The van der Waals surface area contributed by atoms with E-state index >= 15 is 0 Å². The van der Waals surface area contributed by atoms with E-state index in [1.807, 2.05) is 20.8 Å². The van der Waals surface area contributed by atoms with Crippen molar-refractivity contribution in [3.8, 4) is 0 Å². The Balaban J connectivity index is 5.07. The summed E-state index contributed by atoms with van der Waals surface area (Å²) in [7, 11) is -1.90. The van der Waals surface area contributed by atoms with E-state index in [1.54, 1.807) is 0 Å². The van der Waals surface area contributed by atoms with Crippen LogP contribution in [0, 0.1) is 17.8 Å². The summed E-state index contributed by atoms with van der Waals surface area (Å²) in [4.78, 5) is 11.9. The molecule has 4 heteroatoms. The van der Waals surface area contributed by atoms with Crippen LogP contribution in [0.2, 0.25) is 18.1 Å². The summed E-state index contributed by atoms with van der Waals surface area (Å²) < 4.78 is 6.56. The van der Waals surface area contributed by atoms with Gasteiger partial charge in [0.25, 0.3) is 0 Å². The first-order valence-electron chi connectivity index (χ1n) is 8.59. The Bertz CT molecular complexity index is 356. The van der Waals surface area contributed by atoms with Gasteiger partial charge in [-0.25, -0.2) is 0 Å². The fourth-order valence-electron chi connectivity index (χ4n) is 2.21. The van der Waals surface area contributed by atoms with Crippen LogP contribution in [0.1, 0.15) is 61.8 Å². The zero-order valence-electron chi connectivity index (χ0n) is 16.4. The lowest BCUT2D eigenvalue weighted by molar-refractivity contribution is -0.125. The zero-order valence-corrected chi connectivity index (χ0v) is 17.4. The largest absolute Gasteiger partial charge is 0.413 e. The number of aliphatic hydroxyl groups is 1. The minimum atomic E-state index is -1.90. The highest BCUT2D eigenvalue weighted by Gasteiger charge is 2.42. The Labute approximate surface area is 139 Å². The molecule has 3 nitrogen and oxygen atoms in total. The number of ketones is 1. The Morgan fingerprint density at radius 3 is 1.86 bits per heavy atom. The van der Waals surface area contributed by atoms with Gasteiger partial charge in [-0.2, -0.15) is 0 Å². The number of aliphatic hydroxyl groups excluding tert-OH is 1. The van der Waals surface area contributed by atoms with E-state index in [0.29, 0.717) is 5.92 Å². The molecule has 0 aromatic rings. The lowest BCUT2D eigenvalue weighted by Crippen LogP contribution is -2.49. The number of hydrogen-bond acceptors (Lipinski definition) is 3. The van der Waals surface area contributed by atoms with Crippen molar-refractivity contribution in [2.75, 3.05) is 0 Å². The molecule has 0 saturated heterocycles. The molecule has 3 atom stereocenters. The highest BCUT2D eigenvalue weighted by atomic mass is 28.4. The van der Waals surface area contributed by atoms with E-state index in [0.717, 1.165) is 0 Å². The Morgan fingerprint density at radius 2 is 1.55 bits per heavy atom. The van der Waals surface area contributed by atoms with Crippen molar-refractivity contribution in [1.82, 2.24) is 0 Å². The van der Waals surface area contributed by atoms with Gasteiger partial charge < -0.3 is 9.53 Å². The molecule has 0 aliphatic carbocycles. The predicted octanol–water partition coefficient (Wildman–Crippen LogP) is 4.65. The molecule has 0 aliphatic heterocycles. The Kier molecular flexibility index (Phi) is 8.00. The molecule has 0 saturated carbocycles. The third kappa shape index (κ3) is 6.13. The molecule has 0 radical (unpaired) electrons. The second kappa shape index (κ2) is 8.07. The van der Waals surface area contributed by atoms with Crippen molar-refractivity contribution in [2.24, 2.45) is 17.8 Å². The third-order valence-corrected chi connectivity index (χ3v) is 9.55. The second-order valence-electron chi connectivity index (χ2n) is 8.84. The molecular weight excluding hydrogens is 292 g/mol. The van der Waals surface area contributed by atoms with Crippen LogP contribution in [0.4, 0.5) is 0 Å². The van der Waals surface area contributed by atoms with Gasteiger partial charge in [-0.05, 0) is 24.1 Å². The number of rotatable bonds is 8. The minimum Gasteiger partial charge on any atom is -0.413 e. The smallest absolute Gasteiger partial charge is 0.192 e. The number of hydrogen-bond donors (Lipinski definition) is 1. The van der Waals surface area contributed by atoms with Crippen molar-refractivity contribution in [3.63, 3.8) is 0 Å². The highest BCUT2D eigenvalue weighted by Crippen LogP contribution is 2.39. The summed E-state index contributed by atoms with van der Waals surface area (Å²) in [6.07, 6.45) is -0.425. The van der Waals surface area contributed by atoms with Crippen molar-refractivity contribution in [2.45, 2.75) is 92.2 Å². The molecule has 0 amide bonds. The maximum Gasteiger partial charge on any atom is 0.192 e. The van der Waals surface area contributed by atoms with Crippen LogP contribution in [0.3, 0.4) is 0 Å². The summed E-state index contributed by atoms with van der Waals surface area (Å²) in [5, 5.41) is 10.6. The number of carbonyl (C=O) groups excluding carboxylic acids is 1. The Morgan fingerprint density at radius 1 is 1.09 bits per heavy atom. The van der Waals surface area contributed by atoms with Crippen molar-refractivity contribution in [1.29, 1.82) is 0 Å². The standard InChI is InChI=1S/C18H38O3Si/c1-12(2)15(19)11-16(20)14(5)17(13(3)4)21-22(9,10)18(6,7)8/h12-14,16-17,20H,11H2,1-10H3/t14-,16-,17-/m0/s1. The van der Waals surface area contributed by atoms with Gasteiger partial charge in [0.2, 0.25) is 0 Å². The zero-order chi connectivity index (χ0) is 17.9. The molecule has 0 bridgehead atoms. The van der Waals surface area contributed by atoms with E-state index in [1.165, 1.54) is 0 Å². The molecule has 0 rings (SSSR count). The van der Waals surface area contributed by atoms with Gasteiger partial charge in [0.1, 0.15) is 5.78 Å². The third-order valence-electron chi connectivity index (χ3n) is 5.07. The van der Waals surface area contributed by atoms with Crippen LogP contribution in [-0.2, 0) is 9.22 Å². The second-order valence-corrected chi connectivity index (χ2v) is 13.6. The fraction of sp³-hybridized carbons (Fsp3) is 0.944. The SMILES string of the molecule is CC(C)C(=O)C[C@H](O)[C@H](C)[C@@H](O[Si](C)(C)C(C)(C)C)C(C)C. The van der Waals surface area contributed by atoms with Gasteiger partial charge in [-0.15, -0.1) is 0 Å².